The first-order valence-electron chi connectivity index (χ1n) is 3.74. The zero-order valence-corrected chi connectivity index (χ0v) is 7.02. The molecule has 2 heteroatoms. The normalized spacial score (nSPS) is 12.5. The van der Waals surface area contributed by atoms with Gasteiger partial charge in [0.15, 0.2) is 0 Å². The Balaban J connectivity index is 3.82. The molecule has 0 saturated carbocycles. The largest absolute Gasteiger partial charge is 0.393 e. The summed E-state index contributed by atoms with van der Waals surface area (Å²) in [6, 6.07) is 0. The Morgan fingerprint density at radius 3 is 2.60 bits per heavy atom. The van der Waals surface area contributed by atoms with Crippen molar-refractivity contribution in [2.75, 3.05) is 7.05 Å². The third kappa shape index (κ3) is 4.13. The molecule has 0 saturated heterocycles. The maximum atomic E-state index is 4.22. The molecule has 0 aliphatic carbocycles. The fourth-order valence-electron chi connectivity index (χ4n) is 0.606. The molecule has 0 aromatic rings. The summed E-state index contributed by atoms with van der Waals surface area (Å²) in [5, 5.41) is 2.95. The van der Waals surface area contributed by atoms with Crippen molar-refractivity contribution in [3.05, 3.63) is 11.9 Å². The van der Waals surface area contributed by atoms with Gasteiger partial charge in [-0.25, -0.2) is 0 Å². The van der Waals surface area contributed by atoms with E-state index >= 15 is 0 Å². The van der Waals surface area contributed by atoms with E-state index < -0.39 is 0 Å². The van der Waals surface area contributed by atoms with Crippen LogP contribution in [-0.4, -0.2) is 13.3 Å². The summed E-state index contributed by atoms with van der Waals surface area (Å²) in [5.41, 5.74) is 1.10. The van der Waals surface area contributed by atoms with E-state index in [1.165, 1.54) is 0 Å². The molecule has 0 aromatic heterocycles. The molecular formula is C8H16N2. The van der Waals surface area contributed by atoms with Crippen molar-refractivity contribution in [2.45, 2.75) is 26.7 Å². The van der Waals surface area contributed by atoms with Crippen LogP contribution in [0, 0.1) is 0 Å². The van der Waals surface area contributed by atoms with Crippen LogP contribution in [0.3, 0.4) is 0 Å². The highest BCUT2D eigenvalue weighted by molar-refractivity contribution is 5.58. The van der Waals surface area contributed by atoms with Gasteiger partial charge in [0.05, 0.1) is 5.70 Å². The first kappa shape index (κ1) is 9.21. The van der Waals surface area contributed by atoms with Crippen molar-refractivity contribution in [1.29, 1.82) is 0 Å². The first-order chi connectivity index (χ1) is 4.85. The molecule has 0 atom stereocenters. The van der Waals surface area contributed by atoms with Crippen LogP contribution in [0.5, 0.6) is 0 Å². The lowest BCUT2D eigenvalue weighted by Gasteiger charge is -1.94. The molecule has 0 bridgehead atoms. The Hall–Kier alpha value is -0.790. The van der Waals surface area contributed by atoms with Gasteiger partial charge in [-0.15, -0.1) is 0 Å². The summed E-state index contributed by atoms with van der Waals surface area (Å²) in [4.78, 5) is 4.22. The summed E-state index contributed by atoms with van der Waals surface area (Å²) < 4.78 is 0. The molecule has 0 fully saturated rings. The van der Waals surface area contributed by atoms with E-state index in [9.17, 15) is 0 Å². The molecule has 0 spiro atoms. The molecule has 0 radical (unpaired) electrons. The Labute approximate surface area is 63.0 Å². The molecule has 0 heterocycles. The van der Waals surface area contributed by atoms with Crippen LogP contribution in [0.4, 0.5) is 0 Å². The zero-order chi connectivity index (χ0) is 7.82. The van der Waals surface area contributed by atoms with Crippen LogP contribution in [0.2, 0.25) is 0 Å². The smallest absolute Gasteiger partial charge is 0.0553 e. The van der Waals surface area contributed by atoms with Crippen LogP contribution in [-0.2, 0) is 0 Å². The van der Waals surface area contributed by atoms with Gasteiger partial charge >= 0.3 is 0 Å². The lowest BCUT2D eigenvalue weighted by atomic mass is 10.4. The quantitative estimate of drug-likeness (QED) is 0.593. The Kier molecular flexibility index (Phi) is 5.83. The Morgan fingerprint density at radius 1 is 1.50 bits per heavy atom. The Morgan fingerprint density at radius 2 is 2.20 bits per heavy atom. The molecule has 0 aliphatic rings. The highest BCUT2D eigenvalue weighted by Gasteiger charge is 1.84. The average Bonchev–Trinajstić information content (AvgIpc) is 1.98. The first-order valence-corrected chi connectivity index (χ1v) is 3.74. The van der Waals surface area contributed by atoms with Crippen LogP contribution in [0.15, 0.2) is 16.9 Å². The van der Waals surface area contributed by atoms with Crippen molar-refractivity contribution >= 4 is 6.21 Å². The van der Waals surface area contributed by atoms with Gasteiger partial charge in [0, 0.05) is 19.5 Å². The van der Waals surface area contributed by atoms with Crippen molar-refractivity contribution < 1.29 is 0 Å². The second kappa shape index (κ2) is 6.33. The highest BCUT2D eigenvalue weighted by Crippen LogP contribution is 1.98. The monoisotopic (exact) mass is 140 g/mol. The predicted octanol–water partition coefficient (Wildman–Crippen LogP) is 1.94. The van der Waals surface area contributed by atoms with Gasteiger partial charge < -0.3 is 5.32 Å². The van der Waals surface area contributed by atoms with E-state index in [1.54, 1.807) is 0 Å². The van der Waals surface area contributed by atoms with Crippen molar-refractivity contribution in [1.82, 2.24) is 5.32 Å². The molecule has 0 amide bonds. The van der Waals surface area contributed by atoms with E-state index in [-0.39, 0.29) is 0 Å². The lowest BCUT2D eigenvalue weighted by molar-refractivity contribution is 0.991. The topological polar surface area (TPSA) is 24.4 Å². The van der Waals surface area contributed by atoms with E-state index in [0.717, 1.165) is 18.5 Å². The molecule has 0 aromatic carbocycles. The summed E-state index contributed by atoms with van der Waals surface area (Å²) >= 11 is 0. The molecule has 0 aliphatic heterocycles. The standard InChI is InChI=1S/C8H16N2/c1-4-6-10-8(5-2)7-9-3/h6-7,9H,4-5H2,1-3H3/b8-7+,10-6?. The van der Waals surface area contributed by atoms with Crippen LogP contribution in [0.25, 0.3) is 0 Å². The SMILES string of the molecule is CCC=N/C(=C/NC)CC. The molecule has 0 unspecified atom stereocenters. The van der Waals surface area contributed by atoms with Gasteiger partial charge in [0.25, 0.3) is 0 Å². The minimum atomic E-state index is 0.983. The zero-order valence-electron chi connectivity index (χ0n) is 7.02. The third-order valence-corrected chi connectivity index (χ3v) is 1.11. The number of rotatable bonds is 4. The lowest BCUT2D eigenvalue weighted by Crippen LogP contribution is -1.94. The molecule has 58 valence electrons. The molecule has 10 heavy (non-hydrogen) atoms. The molecule has 0 rings (SSSR count). The van der Waals surface area contributed by atoms with Crippen molar-refractivity contribution in [3.63, 3.8) is 0 Å². The third-order valence-electron chi connectivity index (χ3n) is 1.11. The maximum Gasteiger partial charge on any atom is 0.0553 e. The van der Waals surface area contributed by atoms with Gasteiger partial charge in [-0.1, -0.05) is 13.8 Å². The minimum absolute atomic E-state index is 0.983. The van der Waals surface area contributed by atoms with Crippen LogP contribution in [0.1, 0.15) is 26.7 Å². The summed E-state index contributed by atoms with van der Waals surface area (Å²) in [7, 11) is 1.89. The van der Waals surface area contributed by atoms with E-state index in [2.05, 4.69) is 24.2 Å². The number of hydrogen-bond donors (Lipinski definition) is 1. The van der Waals surface area contributed by atoms with E-state index in [1.807, 2.05) is 19.5 Å². The van der Waals surface area contributed by atoms with Crippen molar-refractivity contribution in [2.24, 2.45) is 4.99 Å². The number of nitrogens with zero attached hydrogens (tertiary/aromatic N) is 1. The van der Waals surface area contributed by atoms with Gasteiger partial charge in [-0.3, -0.25) is 4.99 Å². The summed E-state index contributed by atoms with van der Waals surface area (Å²) in [6.45, 7) is 4.17. The van der Waals surface area contributed by atoms with Gasteiger partial charge in [0.2, 0.25) is 0 Å². The molecule has 1 N–H and O–H groups in total. The van der Waals surface area contributed by atoms with Gasteiger partial charge in [-0.2, -0.15) is 0 Å². The minimum Gasteiger partial charge on any atom is -0.393 e. The van der Waals surface area contributed by atoms with Crippen LogP contribution < -0.4 is 5.32 Å². The predicted molar refractivity (Wildman–Crippen MR) is 46.2 cm³/mol. The van der Waals surface area contributed by atoms with E-state index in [0.29, 0.717) is 0 Å². The number of aliphatic imine (C=N–C) groups is 1. The highest BCUT2D eigenvalue weighted by atomic mass is 14.8. The second-order valence-corrected chi connectivity index (χ2v) is 2.00. The van der Waals surface area contributed by atoms with Gasteiger partial charge in [-0.05, 0) is 12.8 Å². The number of allylic oxidation sites excluding steroid dienone is 1. The summed E-state index contributed by atoms with van der Waals surface area (Å²) in [5.74, 6) is 0. The fraction of sp³-hybridized carbons (Fsp3) is 0.625. The van der Waals surface area contributed by atoms with Crippen molar-refractivity contribution in [3.8, 4) is 0 Å². The second-order valence-electron chi connectivity index (χ2n) is 2.00. The Bertz CT molecular complexity index is 125. The van der Waals surface area contributed by atoms with Crippen LogP contribution >= 0.6 is 0 Å². The maximum absolute atomic E-state index is 4.22. The average molecular weight is 140 g/mol. The fourth-order valence-corrected chi connectivity index (χ4v) is 0.606. The van der Waals surface area contributed by atoms with Gasteiger partial charge in [0.1, 0.15) is 0 Å². The molecule has 2 nitrogen and oxygen atoms in total. The summed E-state index contributed by atoms with van der Waals surface area (Å²) in [6.07, 6.45) is 5.83. The molecular weight excluding hydrogens is 124 g/mol. The number of hydrogen-bond acceptors (Lipinski definition) is 2. The van der Waals surface area contributed by atoms with E-state index in [4.69, 9.17) is 0 Å². The number of nitrogens with one attached hydrogen (secondary N) is 1.